The minimum Gasteiger partial charge on any atom is -0.466 e. The van der Waals surface area contributed by atoms with Crippen LogP contribution in [0.4, 0.5) is 0 Å². The molecule has 10 heteroatoms. The van der Waals surface area contributed by atoms with Gasteiger partial charge >= 0.3 is 65.1 Å². The molecule has 98 valence electrons. The standard InChI is InChI=1S/C9H16N2O2S4.2Na/c1-2-13-7(12)3-5-11(9(16)17)6-4-10-8(14)15;;/h2-6H2,1H3,(H,16,17)(H2,10,14,15);;/q;2*+1/p-2. The van der Waals surface area contributed by atoms with Crippen LogP contribution < -0.4 is 64.4 Å². The van der Waals surface area contributed by atoms with Crippen LogP contribution in [-0.4, -0.2) is 45.8 Å². The molecule has 0 aliphatic heterocycles. The predicted molar refractivity (Wildman–Crippen MR) is 80.8 cm³/mol. The van der Waals surface area contributed by atoms with Gasteiger partial charge in [-0.25, -0.2) is 0 Å². The summed E-state index contributed by atoms with van der Waals surface area (Å²) in [5.41, 5.74) is 0. The molecule has 0 saturated carbocycles. The first-order valence-electron chi connectivity index (χ1n) is 5.03. The van der Waals surface area contributed by atoms with E-state index in [0.717, 1.165) is 0 Å². The second kappa shape index (κ2) is 16.1. The molecule has 0 bridgehead atoms. The van der Waals surface area contributed by atoms with Crippen molar-refractivity contribution in [2.24, 2.45) is 0 Å². The van der Waals surface area contributed by atoms with E-state index in [4.69, 9.17) is 54.4 Å². The van der Waals surface area contributed by atoms with Crippen LogP contribution in [0.2, 0.25) is 0 Å². The number of thiocarbonyl (C=S) groups is 2. The topological polar surface area (TPSA) is 41.6 Å². The Morgan fingerprint density at radius 3 is 2.26 bits per heavy atom. The smallest absolute Gasteiger partial charge is 0.466 e. The van der Waals surface area contributed by atoms with Gasteiger partial charge in [0.1, 0.15) is 0 Å². The van der Waals surface area contributed by atoms with Crippen molar-refractivity contribution in [3.05, 3.63) is 0 Å². The maximum absolute atomic E-state index is 11.2. The van der Waals surface area contributed by atoms with E-state index in [1.165, 1.54) is 0 Å². The number of nitrogens with one attached hydrogen (secondary N) is 1. The fraction of sp³-hybridized carbons (Fsp3) is 0.667. The first-order valence-corrected chi connectivity index (χ1v) is 6.67. The zero-order valence-electron chi connectivity index (χ0n) is 11.4. The average molecular weight is 356 g/mol. The second-order valence-electron chi connectivity index (χ2n) is 3.02. The molecule has 0 unspecified atom stereocenters. The minimum atomic E-state index is -0.254. The van der Waals surface area contributed by atoms with Gasteiger partial charge in [0, 0.05) is 19.6 Å². The van der Waals surface area contributed by atoms with Crippen LogP contribution in [0.3, 0.4) is 0 Å². The summed E-state index contributed by atoms with van der Waals surface area (Å²) in [6, 6.07) is 0. The van der Waals surface area contributed by atoms with Gasteiger partial charge in [0.15, 0.2) is 0 Å². The van der Waals surface area contributed by atoms with Crippen molar-refractivity contribution in [2.45, 2.75) is 13.3 Å². The molecule has 0 aliphatic rings. The van der Waals surface area contributed by atoms with Crippen LogP contribution in [-0.2, 0) is 34.8 Å². The third-order valence-corrected chi connectivity index (χ3v) is 2.61. The molecule has 0 spiro atoms. The predicted octanol–water partition coefficient (Wildman–Crippen LogP) is -5.50. The van der Waals surface area contributed by atoms with Crippen molar-refractivity contribution in [3.63, 3.8) is 0 Å². The molecular formula is C9H14N2Na2O2S4. The first-order chi connectivity index (χ1) is 7.97. The molecule has 1 N–H and O–H groups in total. The maximum Gasteiger partial charge on any atom is 1.00 e. The molecule has 0 heterocycles. The molecule has 0 aliphatic carbocycles. The van der Waals surface area contributed by atoms with Crippen molar-refractivity contribution in [2.75, 3.05) is 26.2 Å². The number of hydrogen-bond acceptors (Lipinski definition) is 6. The SMILES string of the molecule is CCOC(=O)CCN(CCNC(=S)[S-])C(=S)[S-].[Na+].[Na+]. The Morgan fingerprint density at radius 1 is 1.26 bits per heavy atom. The van der Waals surface area contributed by atoms with Crippen molar-refractivity contribution < 1.29 is 68.6 Å². The van der Waals surface area contributed by atoms with Crippen LogP contribution in [0.5, 0.6) is 0 Å². The second-order valence-corrected chi connectivity index (χ2v) is 5.13. The van der Waals surface area contributed by atoms with Crippen molar-refractivity contribution in [1.82, 2.24) is 10.2 Å². The third kappa shape index (κ3) is 15.9. The molecule has 19 heavy (non-hydrogen) atoms. The molecule has 0 rings (SSSR count). The van der Waals surface area contributed by atoms with Crippen LogP contribution in [0.25, 0.3) is 0 Å². The molecule has 0 saturated heterocycles. The van der Waals surface area contributed by atoms with Crippen LogP contribution in [0.15, 0.2) is 0 Å². The third-order valence-electron chi connectivity index (χ3n) is 1.80. The Bertz CT molecular complexity index is 295. The Morgan fingerprint density at radius 2 is 1.84 bits per heavy atom. The molecule has 0 fully saturated rings. The van der Waals surface area contributed by atoms with Gasteiger partial charge in [-0.2, -0.15) is 0 Å². The number of hydrogen-bond donors (Lipinski definition) is 1. The number of carbonyl (C=O) groups excluding carboxylic acids is 1. The van der Waals surface area contributed by atoms with Gasteiger partial charge in [-0.3, -0.25) is 4.79 Å². The van der Waals surface area contributed by atoms with E-state index in [1.54, 1.807) is 11.8 Å². The van der Waals surface area contributed by atoms with E-state index in [2.05, 4.69) is 5.32 Å². The molecular weight excluding hydrogens is 342 g/mol. The molecule has 0 radical (unpaired) electrons. The normalized spacial score (nSPS) is 8.47. The van der Waals surface area contributed by atoms with Gasteiger partial charge < -0.3 is 64.6 Å². The number of carbonyl (C=O) groups is 1. The zero-order chi connectivity index (χ0) is 13.3. The summed E-state index contributed by atoms with van der Waals surface area (Å²) in [6.07, 6.45) is 0.267. The van der Waals surface area contributed by atoms with Crippen molar-refractivity contribution in [1.29, 1.82) is 0 Å². The zero-order valence-corrected chi connectivity index (χ0v) is 18.7. The average Bonchev–Trinajstić information content (AvgIpc) is 2.22. The quantitative estimate of drug-likeness (QED) is 0.210. The first kappa shape index (κ1) is 25.6. The Hall–Kier alpha value is 1.69. The Labute approximate surface area is 180 Å². The minimum absolute atomic E-state index is 0. The summed E-state index contributed by atoms with van der Waals surface area (Å²) in [4.78, 5) is 12.9. The van der Waals surface area contributed by atoms with E-state index in [0.29, 0.717) is 34.9 Å². The van der Waals surface area contributed by atoms with E-state index in [9.17, 15) is 4.79 Å². The fourth-order valence-corrected chi connectivity index (χ4v) is 1.62. The summed E-state index contributed by atoms with van der Waals surface area (Å²) in [7, 11) is 0. The fourth-order valence-electron chi connectivity index (χ4n) is 1.05. The summed E-state index contributed by atoms with van der Waals surface area (Å²) >= 11 is 19.2. The maximum atomic E-state index is 11.2. The molecule has 4 nitrogen and oxygen atoms in total. The van der Waals surface area contributed by atoms with Crippen LogP contribution >= 0.6 is 24.4 Å². The summed E-state index contributed by atoms with van der Waals surface area (Å²) in [5, 5.41) is 2.83. The summed E-state index contributed by atoms with van der Waals surface area (Å²) < 4.78 is 5.45. The Balaban J connectivity index is -0.00000128. The largest absolute Gasteiger partial charge is 1.00 e. The van der Waals surface area contributed by atoms with Gasteiger partial charge in [-0.05, 0) is 6.92 Å². The molecule has 0 atom stereocenters. The van der Waals surface area contributed by atoms with E-state index >= 15 is 0 Å². The van der Waals surface area contributed by atoms with Crippen LogP contribution in [0.1, 0.15) is 13.3 Å². The number of rotatable bonds is 7. The van der Waals surface area contributed by atoms with Crippen molar-refractivity contribution in [3.8, 4) is 0 Å². The number of ether oxygens (including phenoxy) is 1. The summed E-state index contributed by atoms with van der Waals surface area (Å²) in [5.74, 6) is -0.254. The summed E-state index contributed by atoms with van der Waals surface area (Å²) in [6.45, 7) is 3.72. The Kier molecular flexibility index (Phi) is 21.7. The van der Waals surface area contributed by atoms with Gasteiger partial charge in [-0.15, -0.1) is 0 Å². The van der Waals surface area contributed by atoms with E-state index in [-0.39, 0.29) is 71.5 Å². The van der Waals surface area contributed by atoms with E-state index in [1.807, 2.05) is 0 Å². The van der Waals surface area contributed by atoms with Gasteiger partial charge in [-0.1, -0.05) is 8.64 Å². The van der Waals surface area contributed by atoms with Crippen LogP contribution in [0, 0.1) is 0 Å². The molecule has 0 aromatic rings. The number of nitrogens with zero attached hydrogens (tertiary/aromatic N) is 1. The van der Waals surface area contributed by atoms with Gasteiger partial charge in [0.05, 0.1) is 13.0 Å². The molecule has 0 aromatic carbocycles. The molecule has 0 amide bonds. The van der Waals surface area contributed by atoms with E-state index < -0.39 is 0 Å². The van der Waals surface area contributed by atoms with Gasteiger partial charge in [0.2, 0.25) is 0 Å². The molecule has 0 aromatic heterocycles. The van der Waals surface area contributed by atoms with Gasteiger partial charge in [0.25, 0.3) is 0 Å². The number of esters is 1. The van der Waals surface area contributed by atoms with Crippen molar-refractivity contribution >= 4 is 64.3 Å². The monoisotopic (exact) mass is 356 g/mol.